The van der Waals surface area contributed by atoms with E-state index in [-0.39, 0.29) is 17.8 Å². The largest absolute Gasteiger partial charge is 0.361 e. The number of amides is 1. The predicted molar refractivity (Wildman–Crippen MR) is 89.0 cm³/mol. The van der Waals surface area contributed by atoms with Gasteiger partial charge in [0.1, 0.15) is 11.6 Å². The first-order valence-electron chi connectivity index (χ1n) is 8.53. The SMILES string of the molecule is Cc1noc(C)c1CCC(=O)N1CCCC[C@H]1c1ccc(F)cc1. The summed E-state index contributed by atoms with van der Waals surface area (Å²) in [6.07, 6.45) is 4.14. The van der Waals surface area contributed by atoms with Crippen molar-refractivity contribution in [1.29, 1.82) is 0 Å². The fourth-order valence-electron chi connectivity index (χ4n) is 3.50. The molecule has 0 bridgehead atoms. The Morgan fingerprint density at radius 1 is 1.29 bits per heavy atom. The van der Waals surface area contributed by atoms with Gasteiger partial charge in [0, 0.05) is 18.5 Å². The first-order valence-corrected chi connectivity index (χ1v) is 8.53. The molecule has 0 N–H and O–H groups in total. The Morgan fingerprint density at radius 3 is 2.71 bits per heavy atom. The number of likely N-dealkylation sites (tertiary alicyclic amines) is 1. The van der Waals surface area contributed by atoms with Crippen LogP contribution < -0.4 is 0 Å². The van der Waals surface area contributed by atoms with Gasteiger partial charge >= 0.3 is 0 Å². The van der Waals surface area contributed by atoms with Crippen LogP contribution in [0.3, 0.4) is 0 Å². The molecule has 2 aromatic rings. The van der Waals surface area contributed by atoms with Crippen LogP contribution in [0.15, 0.2) is 28.8 Å². The van der Waals surface area contributed by atoms with Gasteiger partial charge in [-0.1, -0.05) is 17.3 Å². The molecule has 2 heterocycles. The lowest BCUT2D eigenvalue weighted by molar-refractivity contribution is -0.135. The zero-order chi connectivity index (χ0) is 17.1. The number of carbonyl (C=O) groups excluding carboxylic acids is 1. The van der Waals surface area contributed by atoms with E-state index in [1.807, 2.05) is 18.7 Å². The number of aromatic nitrogens is 1. The number of carbonyl (C=O) groups is 1. The van der Waals surface area contributed by atoms with Crippen LogP contribution in [-0.4, -0.2) is 22.5 Å². The van der Waals surface area contributed by atoms with Crippen molar-refractivity contribution >= 4 is 5.91 Å². The Bertz CT molecular complexity index is 689. The molecule has 3 rings (SSSR count). The molecule has 1 fully saturated rings. The maximum Gasteiger partial charge on any atom is 0.223 e. The predicted octanol–water partition coefficient (Wildman–Crippen LogP) is 4.12. The summed E-state index contributed by atoms with van der Waals surface area (Å²) < 4.78 is 18.3. The molecule has 0 aliphatic carbocycles. The van der Waals surface area contributed by atoms with E-state index in [1.165, 1.54) is 12.1 Å². The topological polar surface area (TPSA) is 46.3 Å². The number of nitrogens with zero attached hydrogens (tertiary/aromatic N) is 2. The van der Waals surface area contributed by atoms with E-state index in [0.717, 1.165) is 48.4 Å². The Hall–Kier alpha value is -2.17. The highest BCUT2D eigenvalue weighted by molar-refractivity contribution is 5.77. The maximum atomic E-state index is 13.2. The first kappa shape index (κ1) is 16.7. The van der Waals surface area contributed by atoms with Crippen molar-refractivity contribution in [3.63, 3.8) is 0 Å². The zero-order valence-corrected chi connectivity index (χ0v) is 14.2. The van der Waals surface area contributed by atoms with Crippen LogP contribution in [0.4, 0.5) is 4.39 Å². The van der Waals surface area contributed by atoms with Crippen molar-refractivity contribution in [2.75, 3.05) is 6.54 Å². The molecule has 0 radical (unpaired) electrons. The zero-order valence-electron chi connectivity index (χ0n) is 14.2. The number of hydrogen-bond acceptors (Lipinski definition) is 3. The lowest BCUT2D eigenvalue weighted by atomic mass is 9.94. The number of aryl methyl sites for hydroxylation is 2. The summed E-state index contributed by atoms with van der Waals surface area (Å²) in [7, 11) is 0. The second-order valence-electron chi connectivity index (χ2n) is 6.45. The minimum absolute atomic E-state index is 0.0523. The molecule has 4 nitrogen and oxygen atoms in total. The van der Waals surface area contributed by atoms with Crippen molar-refractivity contribution in [2.45, 2.75) is 52.0 Å². The van der Waals surface area contributed by atoms with Crippen LogP contribution in [0.1, 0.15) is 54.3 Å². The van der Waals surface area contributed by atoms with E-state index in [0.29, 0.717) is 12.8 Å². The van der Waals surface area contributed by atoms with Gasteiger partial charge in [-0.2, -0.15) is 0 Å². The molecule has 0 spiro atoms. The van der Waals surface area contributed by atoms with E-state index in [4.69, 9.17) is 4.52 Å². The van der Waals surface area contributed by atoms with Crippen LogP contribution in [0.25, 0.3) is 0 Å². The van der Waals surface area contributed by atoms with Gasteiger partial charge < -0.3 is 9.42 Å². The highest BCUT2D eigenvalue weighted by Crippen LogP contribution is 2.31. The first-order chi connectivity index (χ1) is 11.6. The van der Waals surface area contributed by atoms with Gasteiger partial charge in [0.25, 0.3) is 0 Å². The van der Waals surface area contributed by atoms with E-state index in [2.05, 4.69) is 5.16 Å². The average Bonchev–Trinajstić information content (AvgIpc) is 2.92. The van der Waals surface area contributed by atoms with E-state index >= 15 is 0 Å². The van der Waals surface area contributed by atoms with Gasteiger partial charge in [0.05, 0.1) is 11.7 Å². The third-order valence-corrected chi connectivity index (χ3v) is 4.85. The number of piperidine rings is 1. The van der Waals surface area contributed by atoms with Gasteiger partial charge in [-0.25, -0.2) is 4.39 Å². The van der Waals surface area contributed by atoms with Crippen LogP contribution >= 0.6 is 0 Å². The van der Waals surface area contributed by atoms with Gasteiger partial charge in [-0.05, 0) is 57.2 Å². The molecule has 1 aromatic carbocycles. The fraction of sp³-hybridized carbons (Fsp3) is 0.474. The molecule has 1 aromatic heterocycles. The molecule has 5 heteroatoms. The van der Waals surface area contributed by atoms with E-state index in [9.17, 15) is 9.18 Å². The molecule has 1 amide bonds. The monoisotopic (exact) mass is 330 g/mol. The fourth-order valence-corrected chi connectivity index (χ4v) is 3.50. The van der Waals surface area contributed by atoms with E-state index < -0.39 is 0 Å². The summed E-state index contributed by atoms with van der Waals surface area (Å²) in [5.41, 5.74) is 2.90. The van der Waals surface area contributed by atoms with Crippen molar-refractivity contribution in [3.8, 4) is 0 Å². The summed E-state index contributed by atoms with van der Waals surface area (Å²) in [6.45, 7) is 4.54. The molecule has 24 heavy (non-hydrogen) atoms. The van der Waals surface area contributed by atoms with Crippen molar-refractivity contribution in [3.05, 3.63) is 52.7 Å². The average molecular weight is 330 g/mol. The number of halogens is 1. The van der Waals surface area contributed by atoms with Crippen molar-refractivity contribution in [2.24, 2.45) is 0 Å². The van der Waals surface area contributed by atoms with Crippen LogP contribution in [0.2, 0.25) is 0 Å². The Balaban J connectivity index is 1.70. The number of rotatable bonds is 4. The summed E-state index contributed by atoms with van der Waals surface area (Å²) in [4.78, 5) is 14.7. The maximum absolute atomic E-state index is 13.2. The summed E-state index contributed by atoms with van der Waals surface area (Å²) in [6, 6.07) is 6.57. The molecular formula is C19H23FN2O2. The second kappa shape index (κ2) is 7.16. The molecule has 1 aliphatic rings. The van der Waals surface area contributed by atoms with Crippen LogP contribution in [-0.2, 0) is 11.2 Å². The number of benzene rings is 1. The second-order valence-corrected chi connectivity index (χ2v) is 6.45. The standard InChI is InChI=1S/C19H23FN2O2/c1-13-17(14(2)24-21-13)10-11-19(23)22-12-4-3-5-18(22)15-6-8-16(20)9-7-15/h6-9,18H,3-5,10-12H2,1-2H3/t18-/m0/s1. The molecular weight excluding hydrogens is 307 g/mol. The molecule has 128 valence electrons. The normalized spacial score (nSPS) is 18.0. The van der Waals surface area contributed by atoms with Crippen LogP contribution in [0, 0.1) is 19.7 Å². The lowest BCUT2D eigenvalue weighted by Crippen LogP contribution is -2.38. The third-order valence-electron chi connectivity index (χ3n) is 4.85. The molecule has 1 atom stereocenters. The molecule has 1 saturated heterocycles. The van der Waals surface area contributed by atoms with Gasteiger partial charge in [0.15, 0.2) is 0 Å². The Kier molecular flexibility index (Phi) is 4.97. The van der Waals surface area contributed by atoms with Crippen molar-refractivity contribution < 1.29 is 13.7 Å². The minimum atomic E-state index is -0.245. The van der Waals surface area contributed by atoms with Crippen LogP contribution in [0.5, 0.6) is 0 Å². The summed E-state index contributed by atoms with van der Waals surface area (Å²) in [5.74, 6) is 0.684. The lowest BCUT2D eigenvalue weighted by Gasteiger charge is -2.36. The van der Waals surface area contributed by atoms with Gasteiger partial charge in [-0.3, -0.25) is 4.79 Å². The Morgan fingerprint density at radius 2 is 2.04 bits per heavy atom. The van der Waals surface area contributed by atoms with Gasteiger partial charge in [0.2, 0.25) is 5.91 Å². The third kappa shape index (κ3) is 3.50. The highest BCUT2D eigenvalue weighted by atomic mass is 19.1. The van der Waals surface area contributed by atoms with Crippen molar-refractivity contribution in [1.82, 2.24) is 10.1 Å². The summed E-state index contributed by atoms with van der Waals surface area (Å²) >= 11 is 0. The molecule has 0 saturated carbocycles. The molecule has 0 unspecified atom stereocenters. The summed E-state index contributed by atoms with van der Waals surface area (Å²) in [5, 5.41) is 3.94. The highest BCUT2D eigenvalue weighted by Gasteiger charge is 2.28. The quantitative estimate of drug-likeness (QED) is 0.847. The Labute approximate surface area is 141 Å². The smallest absolute Gasteiger partial charge is 0.223 e. The number of hydrogen-bond donors (Lipinski definition) is 0. The van der Waals surface area contributed by atoms with Gasteiger partial charge in [-0.15, -0.1) is 0 Å². The minimum Gasteiger partial charge on any atom is -0.361 e. The molecule has 1 aliphatic heterocycles. The van der Waals surface area contributed by atoms with E-state index in [1.54, 1.807) is 12.1 Å².